The fraction of sp³-hybridized carbons (Fsp3) is 0.267. The van der Waals surface area contributed by atoms with Gasteiger partial charge in [-0.2, -0.15) is 0 Å². The Hall–Kier alpha value is -1.19. The lowest BCUT2D eigenvalue weighted by Crippen LogP contribution is -2.22. The van der Waals surface area contributed by atoms with E-state index in [9.17, 15) is 0 Å². The summed E-state index contributed by atoms with van der Waals surface area (Å²) in [4.78, 5) is 4.07. The van der Waals surface area contributed by atoms with Crippen molar-refractivity contribution in [3.63, 3.8) is 0 Å². The molecular weight excluding hydrogens is 288 g/mol. The van der Waals surface area contributed by atoms with E-state index in [1.807, 2.05) is 12.4 Å². The molecule has 0 aliphatic carbocycles. The van der Waals surface area contributed by atoms with Crippen molar-refractivity contribution in [1.29, 1.82) is 0 Å². The molecule has 2 aromatic rings. The van der Waals surface area contributed by atoms with Crippen LogP contribution in [0.5, 0.6) is 0 Å². The van der Waals surface area contributed by atoms with Gasteiger partial charge in [-0.05, 0) is 48.4 Å². The number of benzene rings is 1. The number of nitrogens with one attached hydrogen (secondary N) is 1. The van der Waals surface area contributed by atoms with Crippen LogP contribution >= 0.6 is 15.9 Å². The minimum Gasteiger partial charge on any atom is -0.310 e. The van der Waals surface area contributed by atoms with Gasteiger partial charge < -0.3 is 5.32 Å². The minimum absolute atomic E-state index is 0.346. The van der Waals surface area contributed by atoms with Crippen molar-refractivity contribution >= 4 is 15.9 Å². The molecule has 0 saturated heterocycles. The molecule has 1 aromatic heterocycles. The second-order valence-corrected chi connectivity index (χ2v) is 5.14. The van der Waals surface area contributed by atoms with E-state index in [-0.39, 0.29) is 0 Å². The van der Waals surface area contributed by atoms with Gasteiger partial charge in [0.05, 0.1) is 0 Å². The summed E-state index contributed by atoms with van der Waals surface area (Å²) in [6.07, 6.45) is 4.69. The molecule has 1 aromatic carbocycles. The van der Waals surface area contributed by atoms with Crippen LogP contribution in [0.4, 0.5) is 0 Å². The van der Waals surface area contributed by atoms with Crippen molar-refractivity contribution in [1.82, 2.24) is 10.3 Å². The molecule has 3 heteroatoms. The zero-order valence-corrected chi connectivity index (χ0v) is 12.0. The van der Waals surface area contributed by atoms with Crippen LogP contribution in [-0.4, -0.2) is 11.5 Å². The standard InChI is InChI=1S/C15H17BrN2/c1-2-18-15(13-7-9-17-10-8-13)11-12-3-5-14(16)6-4-12/h3-10,15,18H,2,11H2,1H3. The Morgan fingerprint density at radius 2 is 1.78 bits per heavy atom. The summed E-state index contributed by atoms with van der Waals surface area (Å²) in [5, 5.41) is 3.52. The number of rotatable bonds is 5. The molecule has 0 fully saturated rings. The van der Waals surface area contributed by atoms with Crippen molar-refractivity contribution in [3.8, 4) is 0 Å². The van der Waals surface area contributed by atoms with Gasteiger partial charge in [0.1, 0.15) is 0 Å². The van der Waals surface area contributed by atoms with Gasteiger partial charge in [0, 0.05) is 22.9 Å². The van der Waals surface area contributed by atoms with Gasteiger partial charge in [-0.15, -0.1) is 0 Å². The molecule has 0 aliphatic rings. The second-order valence-electron chi connectivity index (χ2n) is 4.22. The highest BCUT2D eigenvalue weighted by Gasteiger charge is 2.10. The van der Waals surface area contributed by atoms with Gasteiger partial charge in [0.25, 0.3) is 0 Å². The van der Waals surface area contributed by atoms with E-state index in [0.717, 1.165) is 17.4 Å². The molecule has 2 nitrogen and oxygen atoms in total. The lowest BCUT2D eigenvalue weighted by Gasteiger charge is -2.18. The quantitative estimate of drug-likeness (QED) is 0.910. The second kappa shape index (κ2) is 6.66. The fourth-order valence-corrected chi connectivity index (χ4v) is 2.27. The average molecular weight is 305 g/mol. The van der Waals surface area contributed by atoms with Crippen LogP contribution in [0.15, 0.2) is 53.3 Å². The van der Waals surface area contributed by atoms with Crippen LogP contribution in [0.2, 0.25) is 0 Å². The Morgan fingerprint density at radius 1 is 1.11 bits per heavy atom. The molecule has 1 heterocycles. The maximum Gasteiger partial charge on any atom is 0.0361 e. The lowest BCUT2D eigenvalue weighted by atomic mass is 10.00. The third kappa shape index (κ3) is 3.65. The smallest absolute Gasteiger partial charge is 0.0361 e. The average Bonchev–Trinajstić information content (AvgIpc) is 2.42. The molecule has 2 rings (SSSR count). The molecule has 0 bridgehead atoms. The van der Waals surface area contributed by atoms with Crippen molar-refractivity contribution in [3.05, 3.63) is 64.4 Å². The largest absolute Gasteiger partial charge is 0.310 e. The van der Waals surface area contributed by atoms with Crippen LogP contribution in [0, 0.1) is 0 Å². The Labute approximate surface area is 117 Å². The molecule has 0 saturated carbocycles. The maximum absolute atomic E-state index is 4.07. The fourth-order valence-electron chi connectivity index (χ4n) is 2.01. The van der Waals surface area contributed by atoms with Gasteiger partial charge in [0.15, 0.2) is 0 Å². The monoisotopic (exact) mass is 304 g/mol. The number of aromatic nitrogens is 1. The molecule has 94 valence electrons. The SMILES string of the molecule is CCNC(Cc1ccc(Br)cc1)c1ccncc1. The zero-order valence-electron chi connectivity index (χ0n) is 10.4. The summed E-state index contributed by atoms with van der Waals surface area (Å²) >= 11 is 3.46. The zero-order chi connectivity index (χ0) is 12.8. The van der Waals surface area contributed by atoms with Gasteiger partial charge in [-0.25, -0.2) is 0 Å². The molecule has 0 spiro atoms. The van der Waals surface area contributed by atoms with E-state index in [0.29, 0.717) is 6.04 Å². The van der Waals surface area contributed by atoms with Crippen LogP contribution in [0.25, 0.3) is 0 Å². The normalized spacial score (nSPS) is 12.3. The Bertz CT molecular complexity index is 468. The van der Waals surface area contributed by atoms with Crippen LogP contribution in [0.1, 0.15) is 24.1 Å². The van der Waals surface area contributed by atoms with Gasteiger partial charge in [-0.1, -0.05) is 35.0 Å². The number of pyridine rings is 1. The van der Waals surface area contributed by atoms with E-state index >= 15 is 0 Å². The summed E-state index contributed by atoms with van der Waals surface area (Å²) < 4.78 is 1.12. The van der Waals surface area contributed by atoms with E-state index in [4.69, 9.17) is 0 Å². The number of nitrogens with zero attached hydrogens (tertiary/aromatic N) is 1. The van der Waals surface area contributed by atoms with E-state index in [2.05, 4.69) is 69.6 Å². The van der Waals surface area contributed by atoms with Crippen molar-refractivity contribution in [2.24, 2.45) is 0 Å². The van der Waals surface area contributed by atoms with Crippen molar-refractivity contribution in [2.75, 3.05) is 6.54 Å². The van der Waals surface area contributed by atoms with E-state index in [1.165, 1.54) is 11.1 Å². The lowest BCUT2D eigenvalue weighted by molar-refractivity contribution is 0.549. The number of hydrogen-bond acceptors (Lipinski definition) is 2. The molecule has 0 aliphatic heterocycles. The predicted molar refractivity (Wildman–Crippen MR) is 78.5 cm³/mol. The topological polar surface area (TPSA) is 24.9 Å². The summed E-state index contributed by atoms with van der Waals surface area (Å²) in [5.74, 6) is 0. The van der Waals surface area contributed by atoms with E-state index < -0.39 is 0 Å². The Morgan fingerprint density at radius 3 is 2.39 bits per heavy atom. The van der Waals surface area contributed by atoms with Crippen LogP contribution in [0.3, 0.4) is 0 Å². The third-order valence-corrected chi connectivity index (χ3v) is 3.44. The van der Waals surface area contributed by atoms with Crippen LogP contribution in [-0.2, 0) is 6.42 Å². The summed E-state index contributed by atoms with van der Waals surface area (Å²) in [5.41, 5.74) is 2.62. The first-order valence-electron chi connectivity index (χ1n) is 6.17. The molecule has 1 atom stereocenters. The first-order chi connectivity index (χ1) is 8.79. The minimum atomic E-state index is 0.346. The van der Waals surface area contributed by atoms with Crippen LogP contribution < -0.4 is 5.32 Å². The highest BCUT2D eigenvalue weighted by atomic mass is 79.9. The van der Waals surface area contributed by atoms with Gasteiger partial charge >= 0.3 is 0 Å². The molecule has 1 N–H and O–H groups in total. The van der Waals surface area contributed by atoms with Gasteiger partial charge in [-0.3, -0.25) is 4.98 Å². The Kier molecular flexibility index (Phi) is 4.90. The van der Waals surface area contributed by atoms with Crippen molar-refractivity contribution < 1.29 is 0 Å². The summed E-state index contributed by atoms with van der Waals surface area (Å²) in [7, 11) is 0. The maximum atomic E-state index is 4.07. The number of likely N-dealkylation sites (N-methyl/N-ethyl adjacent to an activating group) is 1. The summed E-state index contributed by atoms with van der Waals surface area (Å²) in [6, 6.07) is 13.0. The predicted octanol–water partition coefficient (Wildman–Crippen LogP) is 3.74. The summed E-state index contributed by atoms with van der Waals surface area (Å²) in [6.45, 7) is 3.10. The molecule has 1 unspecified atom stereocenters. The number of halogens is 1. The van der Waals surface area contributed by atoms with E-state index in [1.54, 1.807) is 0 Å². The van der Waals surface area contributed by atoms with Crippen molar-refractivity contribution in [2.45, 2.75) is 19.4 Å². The van der Waals surface area contributed by atoms with Gasteiger partial charge in [0.2, 0.25) is 0 Å². The molecule has 0 radical (unpaired) electrons. The third-order valence-electron chi connectivity index (χ3n) is 2.91. The number of hydrogen-bond donors (Lipinski definition) is 1. The molecule has 0 amide bonds. The first kappa shape index (κ1) is 13.2. The first-order valence-corrected chi connectivity index (χ1v) is 6.96. The molecular formula is C15H17BrN2. The highest BCUT2D eigenvalue weighted by molar-refractivity contribution is 9.10. The highest BCUT2D eigenvalue weighted by Crippen LogP contribution is 2.19. The Balaban J connectivity index is 2.14. The molecule has 18 heavy (non-hydrogen) atoms.